The molecule has 0 radical (unpaired) electrons. The van der Waals surface area contributed by atoms with E-state index in [-0.39, 0.29) is 5.91 Å². The van der Waals surface area contributed by atoms with Gasteiger partial charge in [-0.1, -0.05) is 19.3 Å². The Bertz CT molecular complexity index is 706. The van der Waals surface area contributed by atoms with Gasteiger partial charge in [-0.15, -0.1) is 0 Å². The highest BCUT2D eigenvalue weighted by Gasteiger charge is 2.17. The summed E-state index contributed by atoms with van der Waals surface area (Å²) in [5, 5.41) is 6.44. The SMILES string of the molecule is CN(C)c1ccc(Nc2ccnc(C(=O)NC3CCCCC3)c2)cc1. The van der Waals surface area contributed by atoms with Crippen molar-refractivity contribution in [2.24, 2.45) is 0 Å². The topological polar surface area (TPSA) is 57.3 Å². The summed E-state index contributed by atoms with van der Waals surface area (Å²) in [7, 11) is 4.03. The Hall–Kier alpha value is -2.56. The van der Waals surface area contributed by atoms with Crippen LogP contribution < -0.4 is 15.5 Å². The fraction of sp³-hybridized carbons (Fsp3) is 0.400. The predicted octanol–water partition coefficient (Wildman–Crippen LogP) is 3.95. The zero-order valence-corrected chi connectivity index (χ0v) is 15.0. The van der Waals surface area contributed by atoms with Gasteiger partial charge in [0.1, 0.15) is 5.69 Å². The van der Waals surface area contributed by atoms with Gasteiger partial charge in [0.05, 0.1) is 0 Å². The molecule has 5 nitrogen and oxygen atoms in total. The normalized spacial score (nSPS) is 14.8. The Morgan fingerprint density at radius 1 is 1.04 bits per heavy atom. The second kappa shape index (κ2) is 8.01. The minimum absolute atomic E-state index is 0.0847. The summed E-state index contributed by atoms with van der Waals surface area (Å²) in [6.45, 7) is 0. The van der Waals surface area contributed by atoms with Crippen LogP contribution in [0.5, 0.6) is 0 Å². The molecule has 0 atom stereocenters. The smallest absolute Gasteiger partial charge is 0.270 e. The second-order valence-electron chi connectivity index (χ2n) is 6.80. The first kappa shape index (κ1) is 17.3. The molecule has 0 unspecified atom stereocenters. The maximum Gasteiger partial charge on any atom is 0.270 e. The van der Waals surface area contributed by atoms with Crippen LogP contribution in [0.2, 0.25) is 0 Å². The minimum Gasteiger partial charge on any atom is -0.378 e. The van der Waals surface area contributed by atoms with E-state index < -0.39 is 0 Å². The third-order valence-corrected chi connectivity index (χ3v) is 4.61. The van der Waals surface area contributed by atoms with Gasteiger partial charge < -0.3 is 15.5 Å². The lowest BCUT2D eigenvalue weighted by atomic mass is 9.95. The van der Waals surface area contributed by atoms with E-state index in [4.69, 9.17) is 0 Å². The maximum absolute atomic E-state index is 12.4. The molecule has 1 amide bonds. The Morgan fingerprint density at radius 2 is 1.76 bits per heavy atom. The monoisotopic (exact) mass is 338 g/mol. The van der Waals surface area contributed by atoms with Gasteiger partial charge in [0.2, 0.25) is 0 Å². The van der Waals surface area contributed by atoms with E-state index in [9.17, 15) is 4.79 Å². The third-order valence-electron chi connectivity index (χ3n) is 4.61. The quantitative estimate of drug-likeness (QED) is 0.866. The summed E-state index contributed by atoms with van der Waals surface area (Å²) < 4.78 is 0. The predicted molar refractivity (Wildman–Crippen MR) is 103 cm³/mol. The highest BCUT2D eigenvalue weighted by molar-refractivity contribution is 5.93. The average molecular weight is 338 g/mol. The van der Waals surface area contributed by atoms with E-state index in [0.29, 0.717) is 11.7 Å². The van der Waals surface area contributed by atoms with E-state index in [1.54, 1.807) is 12.3 Å². The van der Waals surface area contributed by atoms with Crippen molar-refractivity contribution in [3.63, 3.8) is 0 Å². The first-order chi connectivity index (χ1) is 12.1. The molecule has 1 saturated carbocycles. The van der Waals surface area contributed by atoms with Crippen LogP contribution in [0.25, 0.3) is 0 Å². The van der Waals surface area contributed by atoms with Crippen LogP contribution >= 0.6 is 0 Å². The van der Waals surface area contributed by atoms with E-state index in [1.807, 2.05) is 32.3 Å². The van der Waals surface area contributed by atoms with Crippen molar-refractivity contribution in [1.82, 2.24) is 10.3 Å². The summed E-state index contributed by atoms with van der Waals surface area (Å²) in [6, 6.07) is 12.1. The van der Waals surface area contributed by atoms with Gasteiger partial charge in [0, 0.05) is 43.4 Å². The standard InChI is InChI=1S/C20H26N4O/c1-24(2)18-10-8-16(9-11-18)22-17-12-13-21-19(14-17)20(25)23-15-6-4-3-5-7-15/h8-15H,3-7H2,1-2H3,(H,21,22)(H,23,25). The lowest BCUT2D eigenvalue weighted by Gasteiger charge is -2.22. The number of nitrogens with zero attached hydrogens (tertiary/aromatic N) is 2. The fourth-order valence-corrected chi connectivity index (χ4v) is 3.15. The lowest BCUT2D eigenvalue weighted by Crippen LogP contribution is -2.36. The molecule has 0 saturated heterocycles. The molecule has 1 aromatic carbocycles. The molecule has 1 fully saturated rings. The molecular formula is C20H26N4O. The van der Waals surface area contributed by atoms with Crippen LogP contribution in [0.3, 0.4) is 0 Å². The van der Waals surface area contributed by atoms with Crippen LogP contribution in [-0.2, 0) is 0 Å². The maximum atomic E-state index is 12.4. The number of hydrogen-bond acceptors (Lipinski definition) is 4. The largest absolute Gasteiger partial charge is 0.378 e. The summed E-state index contributed by atoms with van der Waals surface area (Å²) in [5.41, 5.74) is 3.45. The van der Waals surface area contributed by atoms with Gasteiger partial charge in [-0.2, -0.15) is 0 Å². The van der Waals surface area contributed by atoms with Gasteiger partial charge in [0.25, 0.3) is 5.91 Å². The molecule has 25 heavy (non-hydrogen) atoms. The van der Waals surface area contributed by atoms with Crippen molar-refractivity contribution < 1.29 is 4.79 Å². The molecule has 0 aliphatic heterocycles. The number of anilines is 3. The molecule has 3 rings (SSSR count). The summed E-state index contributed by atoms with van der Waals surface area (Å²) in [6.07, 6.45) is 7.48. The highest BCUT2D eigenvalue weighted by atomic mass is 16.1. The number of pyridine rings is 1. The van der Waals surface area contributed by atoms with Gasteiger partial charge in [0.15, 0.2) is 0 Å². The zero-order valence-electron chi connectivity index (χ0n) is 15.0. The number of benzene rings is 1. The van der Waals surface area contributed by atoms with Gasteiger partial charge >= 0.3 is 0 Å². The van der Waals surface area contributed by atoms with E-state index >= 15 is 0 Å². The second-order valence-corrected chi connectivity index (χ2v) is 6.80. The molecule has 5 heteroatoms. The molecule has 0 bridgehead atoms. The zero-order chi connectivity index (χ0) is 17.6. The first-order valence-corrected chi connectivity index (χ1v) is 8.93. The van der Waals surface area contributed by atoms with Crippen molar-refractivity contribution in [2.45, 2.75) is 38.1 Å². The van der Waals surface area contributed by atoms with E-state index in [2.05, 4.69) is 32.7 Å². The summed E-state index contributed by atoms with van der Waals surface area (Å²) in [4.78, 5) is 18.7. The van der Waals surface area contributed by atoms with Crippen LogP contribution in [0.15, 0.2) is 42.6 Å². The molecule has 2 N–H and O–H groups in total. The minimum atomic E-state index is -0.0847. The number of rotatable bonds is 5. The number of nitrogens with one attached hydrogen (secondary N) is 2. The Morgan fingerprint density at radius 3 is 2.44 bits per heavy atom. The molecule has 2 aromatic rings. The number of hydrogen-bond donors (Lipinski definition) is 2. The number of aromatic nitrogens is 1. The molecule has 1 aliphatic carbocycles. The van der Waals surface area contributed by atoms with Gasteiger partial charge in [-0.3, -0.25) is 9.78 Å². The van der Waals surface area contributed by atoms with Crippen LogP contribution in [-0.4, -0.2) is 31.0 Å². The molecule has 1 heterocycles. The molecular weight excluding hydrogens is 312 g/mol. The molecule has 132 valence electrons. The molecule has 0 spiro atoms. The third kappa shape index (κ3) is 4.72. The van der Waals surface area contributed by atoms with Crippen LogP contribution in [0, 0.1) is 0 Å². The lowest BCUT2D eigenvalue weighted by molar-refractivity contribution is 0.0922. The van der Waals surface area contributed by atoms with Crippen LogP contribution in [0.1, 0.15) is 42.6 Å². The van der Waals surface area contributed by atoms with Crippen molar-refractivity contribution in [1.29, 1.82) is 0 Å². The first-order valence-electron chi connectivity index (χ1n) is 8.93. The summed E-state index contributed by atoms with van der Waals surface area (Å²) in [5.74, 6) is -0.0847. The Balaban J connectivity index is 1.65. The summed E-state index contributed by atoms with van der Waals surface area (Å²) >= 11 is 0. The van der Waals surface area contributed by atoms with Crippen molar-refractivity contribution in [2.75, 3.05) is 24.3 Å². The van der Waals surface area contributed by atoms with Crippen molar-refractivity contribution in [3.8, 4) is 0 Å². The van der Waals surface area contributed by atoms with Crippen molar-refractivity contribution in [3.05, 3.63) is 48.3 Å². The number of amides is 1. The fourth-order valence-electron chi connectivity index (χ4n) is 3.15. The number of carbonyl (C=O) groups is 1. The van der Waals surface area contributed by atoms with Crippen LogP contribution in [0.4, 0.5) is 17.1 Å². The Labute approximate surface area is 149 Å². The molecule has 1 aliphatic rings. The van der Waals surface area contributed by atoms with Crippen molar-refractivity contribution >= 4 is 23.0 Å². The van der Waals surface area contributed by atoms with E-state index in [1.165, 1.54) is 19.3 Å². The van der Waals surface area contributed by atoms with Gasteiger partial charge in [-0.25, -0.2) is 0 Å². The average Bonchev–Trinajstić information content (AvgIpc) is 2.63. The highest BCUT2D eigenvalue weighted by Crippen LogP contribution is 2.21. The Kier molecular flexibility index (Phi) is 5.53. The molecule has 1 aromatic heterocycles. The van der Waals surface area contributed by atoms with E-state index in [0.717, 1.165) is 29.9 Å². The number of carbonyl (C=O) groups excluding carboxylic acids is 1. The van der Waals surface area contributed by atoms with Gasteiger partial charge in [-0.05, 0) is 49.2 Å².